The van der Waals surface area contributed by atoms with E-state index in [0.717, 1.165) is 11.1 Å². The van der Waals surface area contributed by atoms with Crippen LogP contribution in [0.5, 0.6) is 0 Å². The normalized spacial score (nSPS) is 11.6. The molecular formula is C42H32N4NiO8. The zero-order chi connectivity index (χ0) is 37.9. The molecule has 12 nitrogen and oxygen atoms in total. The Bertz CT molecular complexity index is 2370. The van der Waals surface area contributed by atoms with Crippen LogP contribution in [-0.4, -0.2) is 62.3 Å². The summed E-state index contributed by atoms with van der Waals surface area (Å²) in [5.74, 6) is -6.45. The molecule has 2 aliphatic rings. The predicted molar refractivity (Wildman–Crippen MR) is 201 cm³/mol. The van der Waals surface area contributed by atoms with Gasteiger partial charge in [0.25, 0.3) is 0 Å². The molecule has 0 amide bonds. The topological polar surface area (TPSA) is 159 Å². The monoisotopic (exact) mass is 778 g/mol. The number of rotatable bonds is 8. The average molecular weight is 779 g/mol. The molecule has 278 valence electrons. The van der Waals surface area contributed by atoms with Gasteiger partial charge in [-0.2, -0.15) is 0 Å². The Balaban J connectivity index is 0.00000514. The van der Waals surface area contributed by atoms with E-state index in [1.165, 1.54) is 28.4 Å². The van der Waals surface area contributed by atoms with Crippen molar-refractivity contribution in [1.82, 2.24) is 19.9 Å². The Morgan fingerprint density at radius 2 is 0.782 bits per heavy atom. The van der Waals surface area contributed by atoms with Crippen molar-refractivity contribution in [3.8, 4) is 22.3 Å². The van der Waals surface area contributed by atoms with Crippen LogP contribution in [0.15, 0.2) is 84.9 Å². The Morgan fingerprint density at radius 1 is 0.455 bits per heavy atom. The molecule has 0 N–H and O–H groups in total. The summed E-state index contributed by atoms with van der Waals surface area (Å²) in [6.45, 7) is 0. The number of esters is 4. The molecule has 0 saturated carbocycles. The van der Waals surface area contributed by atoms with E-state index in [1.54, 1.807) is 48.6 Å². The Labute approximate surface area is 325 Å². The third-order valence-electron chi connectivity index (χ3n) is 9.14. The number of hydrogen-bond donors (Lipinski definition) is 0. The van der Waals surface area contributed by atoms with E-state index < -0.39 is 35.7 Å². The van der Waals surface area contributed by atoms with Gasteiger partial charge in [-0.1, -0.05) is 90.5 Å². The predicted octanol–water partition coefficient (Wildman–Crippen LogP) is 6.10. The molecule has 13 heteroatoms. The van der Waals surface area contributed by atoms with E-state index in [0.29, 0.717) is 33.5 Å². The fourth-order valence-electron chi connectivity index (χ4n) is 6.66. The van der Waals surface area contributed by atoms with Crippen molar-refractivity contribution in [3.63, 3.8) is 0 Å². The van der Waals surface area contributed by atoms with E-state index in [-0.39, 0.29) is 50.0 Å². The number of aromatic nitrogens is 4. The molecule has 5 aromatic rings. The van der Waals surface area contributed by atoms with Crippen LogP contribution in [0.3, 0.4) is 0 Å². The minimum Gasteiger partial charge on any atom is -0.657 e. The molecule has 8 bridgehead atoms. The van der Waals surface area contributed by atoms with Crippen molar-refractivity contribution in [2.45, 2.75) is 11.8 Å². The maximum atomic E-state index is 13.4. The second-order valence-corrected chi connectivity index (χ2v) is 12.1. The number of benzene rings is 2. The second kappa shape index (κ2) is 16.2. The molecule has 0 saturated heterocycles. The van der Waals surface area contributed by atoms with Crippen molar-refractivity contribution >= 4 is 70.2 Å². The van der Waals surface area contributed by atoms with Gasteiger partial charge in [0, 0.05) is 5.56 Å². The summed E-state index contributed by atoms with van der Waals surface area (Å²) in [7, 11) is 4.77. The SMILES string of the molecule is COC(=O)C(C(=O)OC)c1c2nc(c(-c3ccccc3)c3ccc([n-]3)c(C(C(=O)OC)C(=O)OC)c3ccc([n-]3)c(-c3ccccc3)c3nc1C=C3)C=C2.[Ni+2]. The molecule has 0 aliphatic carbocycles. The molecular weight excluding hydrogens is 747 g/mol. The van der Waals surface area contributed by atoms with E-state index in [4.69, 9.17) is 38.9 Å². The maximum Gasteiger partial charge on any atom is 2.00 e. The number of carbonyl (C=O) groups is 4. The third kappa shape index (κ3) is 7.09. The first-order chi connectivity index (χ1) is 26.3. The number of hydrogen-bond acceptors (Lipinski definition) is 10. The molecule has 0 unspecified atom stereocenters. The van der Waals surface area contributed by atoms with Crippen LogP contribution in [0, 0.1) is 0 Å². The Kier molecular flexibility index (Phi) is 11.2. The van der Waals surface area contributed by atoms with E-state index in [9.17, 15) is 19.2 Å². The van der Waals surface area contributed by atoms with Gasteiger partial charge in [-0.15, -0.1) is 22.1 Å². The second-order valence-electron chi connectivity index (χ2n) is 12.1. The van der Waals surface area contributed by atoms with Gasteiger partial charge >= 0.3 is 40.4 Å². The van der Waals surface area contributed by atoms with E-state index in [2.05, 4.69) is 0 Å². The van der Waals surface area contributed by atoms with Gasteiger partial charge in [0.15, 0.2) is 11.8 Å². The zero-order valence-corrected chi connectivity index (χ0v) is 30.9. The average Bonchev–Trinajstić information content (AvgIpc) is 4.05. The maximum absolute atomic E-state index is 13.4. The summed E-state index contributed by atoms with van der Waals surface area (Å²) in [4.78, 5) is 73.4. The first kappa shape index (κ1) is 38.1. The standard InChI is InChI=1S/C42H32N4O8.Ni/c1-51-39(47)37(40(48)52-2)35-29-19-15-25(43-29)33(23-11-7-5-8-12-23)27-17-21-31(45-27)36(38(41(49)53-3)42(50)54-4)32-22-18-28(46-32)34(24-13-9-6-10-14-24)26-16-20-30(35)44-26;/h5-22,37-38H,1-4H3;/q-2;+2. The van der Waals surface area contributed by atoms with Gasteiger partial charge in [-0.3, -0.25) is 19.2 Å². The van der Waals surface area contributed by atoms with Crippen molar-refractivity contribution in [1.29, 1.82) is 0 Å². The Morgan fingerprint density at radius 3 is 1.15 bits per heavy atom. The summed E-state index contributed by atoms with van der Waals surface area (Å²) < 4.78 is 20.4. The molecule has 0 atom stereocenters. The van der Waals surface area contributed by atoms with Crippen LogP contribution < -0.4 is 9.97 Å². The van der Waals surface area contributed by atoms with Crippen LogP contribution in [0.1, 0.15) is 45.7 Å². The van der Waals surface area contributed by atoms with Gasteiger partial charge in [-0.25, -0.2) is 9.97 Å². The molecule has 5 heterocycles. The summed E-state index contributed by atoms with van der Waals surface area (Å²) in [6.07, 6.45) is 6.89. The van der Waals surface area contributed by atoms with Gasteiger partial charge in [0.2, 0.25) is 0 Å². The Hall–Kier alpha value is -6.59. The van der Waals surface area contributed by atoms with Gasteiger partial charge in [0.1, 0.15) is 0 Å². The molecule has 0 radical (unpaired) electrons. The molecule has 7 rings (SSSR count). The summed E-state index contributed by atoms with van der Waals surface area (Å²) >= 11 is 0. The number of fused-ring (bicyclic) bond motifs is 8. The zero-order valence-electron chi connectivity index (χ0n) is 29.9. The van der Waals surface area contributed by atoms with Crippen molar-refractivity contribution in [2.24, 2.45) is 0 Å². The van der Waals surface area contributed by atoms with Gasteiger partial charge in [-0.05, 0) is 46.6 Å². The first-order valence-corrected chi connectivity index (χ1v) is 16.8. The van der Waals surface area contributed by atoms with Crippen LogP contribution in [0.2, 0.25) is 0 Å². The van der Waals surface area contributed by atoms with Crippen LogP contribution in [-0.2, 0) is 54.6 Å². The molecule has 2 aliphatic heterocycles. The first-order valence-electron chi connectivity index (χ1n) is 16.8. The summed E-state index contributed by atoms with van der Waals surface area (Å²) in [6, 6.07) is 25.7. The van der Waals surface area contributed by atoms with Gasteiger partial charge in [0.05, 0.1) is 51.2 Å². The van der Waals surface area contributed by atoms with Crippen LogP contribution in [0.25, 0.3) is 68.6 Å². The van der Waals surface area contributed by atoms with Crippen molar-refractivity contribution in [3.05, 3.63) is 119 Å². The number of ether oxygens (including phenoxy) is 4. The van der Waals surface area contributed by atoms with Crippen molar-refractivity contribution in [2.75, 3.05) is 28.4 Å². The number of methoxy groups -OCH3 is 4. The minimum absolute atomic E-state index is 0. The largest absolute Gasteiger partial charge is 2.00 e. The molecule has 3 aromatic heterocycles. The number of carbonyl (C=O) groups excluding carboxylic acids is 4. The van der Waals surface area contributed by atoms with E-state index >= 15 is 0 Å². The minimum atomic E-state index is -1.53. The molecule has 2 aromatic carbocycles. The van der Waals surface area contributed by atoms with Crippen LogP contribution >= 0.6 is 0 Å². The summed E-state index contributed by atoms with van der Waals surface area (Å²) in [5, 5.41) is 0. The van der Waals surface area contributed by atoms with E-state index in [1.807, 2.05) is 60.7 Å². The third-order valence-corrected chi connectivity index (χ3v) is 9.14. The fraction of sp³-hybridized carbons (Fsp3) is 0.143. The molecule has 0 spiro atoms. The smallest absolute Gasteiger partial charge is 0.657 e. The quantitative estimate of drug-likeness (QED) is 0.0756. The van der Waals surface area contributed by atoms with Crippen molar-refractivity contribution < 1.29 is 54.6 Å². The number of nitrogens with zero attached hydrogens (tertiary/aromatic N) is 4. The summed E-state index contributed by atoms with van der Waals surface area (Å²) in [5.41, 5.74) is 5.96. The fourth-order valence-corrected chi connectivity index (χ4v) is 6.66. The molecule has 55 heavy (non-hydrogen) atoms. The van der Waals surface area contributed by atoms with Crippen LogP contribution in [0.4, 0.5) is 0 Å². The molecule has 0 fully saturated rings. The van der Waals surface area contributed by atoms with Gasteiger partial charge < -0.3 is 28.9 Å².